The van der Waals surface area contributed by atoms with Crippen molar-refractivity contribution in [3.05, 3.63) is 36.6 Å². The fourth-order valence-electron chi connectivity index (χ4n) is 1.53. The first-order valence-electron chi connectivity index (χ1n) is 4.57. The second-order valence-corrected chi connectivity index (χ2v) is 3.33. The van der Waals surface area contributed by atoms with E-state index >= 15 is 0 Å². The number of ether oxygens (including phenoxy) is 1. The van der Waals surface area contributed by atoms with Gasteiger partial charge in [-0.1, -0.05) is 19.2 Å². The summed E-state index contributed by atoms with van der Waals surface area (Å²) >= 11 is 0. The standard InChI is InChI=1S/C11H17NO/c1-5-10-9(4)12-8(3)7-13-11(10)6-2/h5-6,8-9,12H,1-2,7H2,3-4H3. The number of nitrogens with one attached hydrogen (secondary N) is 1. The number of hydrogen-bond donors (Lipinski definition) is 1. The van der Waals surface area contributed by atoms with Crippen LogP contribution in [0.4, 0.5) is 0 Å². The van der Waals surface area contributed by atoms with Gasteiger partial charge in [0.2, 0.25) is 0 Å². The number of rotatable bonds is 2. The molecule has 0 fully saturated rings. The molecule has 0 aromatic carbocycles. The van der Waals surface area contributed by atoms with Gasteiger partial charge in [-0.3, -0.25) is 0 Å². The highest BCUT2D eigenvalue weighted by atomic mass is 16.5. The summed E-state index contributed by atoms with van der Waals surface area (Å²) in [5.74, 6) is 0.847. The minimum absolute atomic E-state index is 0.281. The lowest BCUT2D eigenvalue weighted by atomic mass is 10.1. The van der Waals surface area contributed by atoms with E-state index in [-0.39, 0.29) is 6.04 Å². The molecule has 1 N–H and O–H groups in total. The Labute approximate surface area is 80.0 Å². The van der Waals surface area contributed by atoms with Crippen LogP contribution in [0.3, 0.4) is 0 Å². The Morgan fingerprint density at radius 1 is 1.38 bits per heavy atom. The van der Waals surface area contributed by atoms with Crippen LogP contribution in [0.15, 0.2) is 36.6 Å². The minimum atomic E-state index is 0.281. The summed E-state index contributed by atoms with van der Waals surface area (Å²) < 4.78 is 5.57. The van der Waals surface area contributed by atoms with E-state index in [4.69, 9.17) is 4.74 Å². The molecular weight excluding hydrogens is 162 g/mol. The Morgan fingerprint density at radius 3 is 2.62 bits per heavy atom. The average Bonchev–Trinajstić information content (AvgIpc) is 2.23. The summed E-state index contributed by atoms with van der Waals surface area (Å²) in [6, 6.07) is 0.644. The molecule has 0 aromatic heterocycles. The molecule has 1 heterocycles. The first-order chi connectivity index (χ1) is 6.19. The van der Waals surface area contributed by atoms with Crippen LogP contribution in [0.1, 0.15) is 13.8 Å². The predicted octanol–water partition coefficient (Wildman–Crippen LogP) is 2.01. The van der Waals surface area contributed by atoms with E-state index in [0.29, 0.717) is 12.6 Å². The quantitative estimate of drug-likeness (QED) is 0.700. The molecule has 0 aliphatic carbocycles. The van der Waals surface area contributed by atoms with E-state index in [2.05, 4.69) is 32.3 Å². The molecule has 0 bridgehead atoms. The minimum Gasteiger partial charge on any atom is -0.492 e. The Bertz CT molecular complexity index is 242. The van der Waals surface area contributed by atoms with Gasteiger partial charge in [0.25, 0.3) is 0 Å². The molecule has 0 amide bonds. The van der Waals surface area contributed by atoms with Crippen LogP contribution in [0.5, 0.6) is 0 Å². The fraction of sp³-hybridized carbons (Fsp3) is 0.455. The third-order valence-electron chi connectivity index (χ3n) is 2.18. The Kier molecular flexibility index (Phi) is 3.32. The molecule has 1 aliphatic heterocycles. The maximum absolute atomic E-state index is 5.57. The van der Waals surface area contributed by atoms with Crippen molar-refractivity contribution in [2.75, 3.05) is 6.61 Å². The van der Waals surface area contributed by atoms with Crippen molar-refractivity contribution in [3.63, 3.8) is 0 Å². The molecule has 72 valence electrons. The van der Waals surface area contributed by atoms with Crippen LogP contribution in [0.2, 0.25) is 0 Å². The van der Waals surface area contributed by atoms with Crippen molar-refractivity contribution in [3.8, 4) is 0 Å². The predicted molar refractivity (Wildman–Crippen MR) is 55.4 cm³/mol. The van der Waals surface area contributed by atoms with Crippen LogP contribution in [-0.4, -0.2) is 18.7 Å². The summed E-state index contributed by atoms with van der Waals surface area (Å²) in [7, 11) is 0. The van der Waals surface area contributed by atoms with Gasteiger partial charge in [-0.05, 0) is 19.9 Å². The monoisotopic (exact) mass is 179 g/mol. The van der Waals surface area contributed by atoms with Gasteiger partial charge in [-0.15, -0.1) is 0 Å². The van der Waals surface area contributed by atoms with E-state index in [0.717, 1.165) is 11.3 Å². The summed E-state index contributed by atoms with van der Waals surface area (Å²) in [5.41, 5.74) is 1.08. The molecule has 0 aromatic rings. The average molecular weight is 179 g/mol. The second kappa shape index (κ2) is 4.28. The molecule has 2 nitrogen and oxygen atoms in total. The largest absolute Gasteiger partial charge is 0.492 e. The zero-order valence-corrected chi connectivity index (χ0v) is 8.34. The molecule has 0 saturated carbocycles. The van der Waals surface area contributed by atoms with Crippen LogP contribution in [0, 0.1) is 0 Å². The van der Waals surface area contributed by atoms with Gasteiger partial charge in [0, 0.05) is 17.7 Å². The van der Waals surface area contributed by atoms with Crippen molar-refractivity contribution in [2.24, 2.45) is 0 Å². The number of allylic oxidation sites excluding steroid dienone is 1. The Hall–Kier alpha value is -1.02. The topological polar surface area (TPSA) is 21.3 Å². The maximum Gasteiger partial charge on any atom is 0.123 e. The highest BCUT2D eigenvalue weighted by molar-refractivity contribution is 5.32. The first-order valence-corrected chi connectivity index (χ1v) is 4.57. The van der Waals surface area contributed by atoms with E-state index in [1.165, 1.54) is 0 Å². The maximum atomic E-state index is 5.57. The second-order valence-electron chi connectivity index (χ2n) is 3.33. The van der Waals surface area contributed by atoms with E-state index in [1.54, 1.807) is 6.08 Å². The van der Waals surface area contributed by atoms with Gasteiger partial charge in [-0.2, -0.15) is 0 Å². The van der Waals surface area contributed by atoms with Crippen molar-refractivity contribution in [2.45, 2.75) is 25.9 Å². The first kappa shape index (κ1) is 10.1. The number of hydrogen-bond acceptors (Lipinski definition) is 2. The van der Waals surface area contributed by atoms with Crippen LogP contribution in [0.25, 0.3) is 0 Å². The van der Waals surface area contributed by atoms with E-state index < -0.39 is 0 Å². The normalized spacial score (nSPS) is 29.1. The van der Waals surface area contributed by atoms with Gasteiger partial charge >= 0.3 is 0 Å². The summed E-state index contributed by atoms with van der Waals surface area (Å²) in [6.45, 7) is 12.4. The summed E-state index contributed by atoms with van der Waals surface area (Å²) in [4.78, 5) is 0. The zero-order valence-electron chi connectivity index (χ0n) is 8.34. The Morgan fingerprint density at radius 2 is 2.08 bits per heavy atom. The van der Waals surface area contributed by atoms with Crippen molar-refractivity contribution >= 4 is 0 Å². The third-order valence-corrected chi connectivity index (χ3v) is 2.18. The molecule has 1 aliphatic rings. The lowest BCUT2D eigenvalue weighted by Gasteiger charge is -2.15. The van der Waals surface area contributed by atoms with Crippen molar-refractivity contribution < 1.29 is 4.74 Å². The lowest BCUT2D eigenvalue weighted by molar-refractivity contribution is 0.204. The van der Waals surface area contributed by atoms with E-state index in [9.17, 15) is 0 Å². The molecular formula is C11H17NO. The molecule has 1 rings (SSSR count). The molecule has 0 radical (unpaired) electrons. The molecule has 13 heavy (non-hydrogen) atoms. The zero-order chi connectivity index (χ0) is 9.84. The Balaban J connectivity index is 2.94. The van der Waals surface area contributed by atoms with Gasteiger partial charge in [0.15, 0.2) is 0 Å². The molecule has 2 atom stereocenters. The van der Waals surface area contributed by atoms with E-state index in [1.807, 2.05) is 6.08 Å². The van der Waals surface area contributed by atoms with Gasteiger partial charge in [0.05, 0.1) is 0 Å². The van der Waals surface area contributed by atoms with Gasteiger partial charge in [-0.25, -0.2) is 0 Å². The molecule has 0 spiro atoms. The van der Waals surface area contributed by atoms with Crippen LogP contribution < -0.4 is 5.32 Å². The molecule has 0 saturated heterocycles. The van der Waals surface area contributed by atoms with Crippen LogP contribution in [-0.2, 0) is 4.74 Å². The highest BCUT2D eigenvalue weighted by Crippen LogP contribution is 2.17. The lowest BCUT2D eigenvalue weighted by Crippen LogP contribution is -2.35. The van der Waals surface area contributed by atoms with Crippen molar-refractivity contribution in [1.82, 2.24) is 5.32 Å². The highest BCUT2D eigenvalue weighted by Gasteiger charge is 2.18. The summed E-state index contributed by atoms with van der Waals surface area (Å²) in [5, 5.41) is 3.41. The van der Waals surface area contributed by atoms with Crippen molar-refractivity contribution in [1.29, 1.82) is 0 Å². The smallest absolute Gasteiger partial charge is 0.123 e. The summed E-state index contributed by atoms with van der Waals surface area (Å²) in [6.07, 6.45) is 3.57. The fourth-order valence-corrected chi connectivity index (χ4v) is 1.53. The van der Waals surface area contributed by atoms with Gasteiger partial charge < -0.3 is 10.1 Å². The SMILES string of the molecule is C=CC1=C(C=C)C(C)NC(C)CO1. The van der Waals surface area contributed by atoms with Crippen LogP contribution >= 0.6 is 0 Å². The molecule has 2 unspecified atom stereocenters. The molecule has 2 heteroatoms. The third kappa shape index (κ3) is 2.22. The van der Waals surface area contributed by atoms with Gasteiger partial charge in [0.1, 0.15) is 12.4 Å².